The first-order valence-electron chi connectivity index (χ1n) is 12.1. The van der Waals surface area contributed by atoms with Crippen LogP contribution in [0.4, 0.5) is 0 Å². The predicted molar refractivity (Wildman–Crippen MR) is 127 cm³/mol. The number of carbonyl (C=O) groups is 3. The summed E-state index contributed by atoms with van der Waals surface area (Å²) in [7, 11) is 0. The molecule has 1 fully saturated rings. The molecular formula is C26H36N2O6. The molecule has 2 unspecified atom stereocenters. The number of aliphatic hydroxyl groups is 1. The standard InChI is InChI=1S/C26H36N2O6/c29-19-26(13-7-8-14-26)28-23(30)15-21-11-5-2-6-12-24(31)34-18-22(27-25(21)32)17-33-16-20-9-3-1-4-10-20/h1-5,9-10,21-22,29H,6-8,11-19H2,(H,27,32)(H,28,30). The maximum atomic E-state index is 13.1. The summed E-state index contributed by atoms with van der Waals surface area (Å²) in [5.74, 6) is -1.41. The van der Waals surface area contributed by atoms with Crippen LogP contribution in [0.25, 0.3) is 0 Å². The second kappa shape index (κ2) is 13.2. The summed E-state index contributed by atoms with van der Waals surface area (Å²) in [6, 6.07) is 9.15. The first kappa shape index (κ1) is 25.9. The zero-order valence-electron chi connectivity index (χ0n) is 19.7. The van der Waals surface area contributed by atoms with Gasteiger partial charge in [0.15, 0.2) is 0 Å². The van der Waals surface area contributed by atoms with Gasteiger partial charge >= 0.3 is 5.97 Å². The number of cyclic esters (lactones) is 1. The molecule has 1 heterocycles. The highest BCUT2D eigenvalue weighted by Gasteiger charge is 2.35. The summed E-state index contributed by atoms with van der Waals surface area (Å²) in [6.07, 6.45) is 8.30. The molecule has 1 aliphatic heterocycles. The predicted octanol–water partition coefficient (Wildman–Crippen LogP) is 2.40. The van der Waals surface area contributed by atoms with Crippen LogP contribution >= 0.6 is 0 Å². The van der Waals surface area contributed by atoms with Crippen molar-refractivity contribution in [3.05, 3.63) is 48.0 Å². The number of rotatable bonds is 8. The van der Waals surface area contributed by atoms with Crippen molar-refractivity contribution in [1.82, 2.24) is 10.6 Å². The molecule has 3 N–H and O–H groups in total. The molecule has 8 heteroatoms. The summed E-state index contributed by atoms with van der Waals surface area (Å²) in [5.41, 5.74) is 0.431. The van der Waals surface area contributed by atoms with E-state index in [1.165, 1.54) is 0 Å². The van der Waals surface area contributed by atoms with Crippen molar-refractivity contribution in [1.29, 1.82) is 0 Å². The molecule has 0 saturated heterocycles. The summed E-state index contributed by atoms with van der Waals surface area (Å²) >= 11 is 0. The Morgan fingerprint density at radius 2 is 1.94 bits per heavy atom. The van der Waals surface area contributed by atoms with Crippen LogP contribution in [0.5, 0.6) is 0 Å². The topological polar surface area (TPSA) is 114 Å². The number of esters is 1. The molecular weight excluding hydrogens is 436 g/mol. The maximum Gasteiger partial charge on any atom is 0.306 e. The third kappa shape index (κ3) is 8.25. The van der Waals surface area contributed by atoms with E-state index in [9.17, 15) is 19.5 Å². The highest BCUT2D eigenvalue weighted by molar-refractivity contribution is 5.86. The van der Waals surface area contributed by atoms with Crippen LogP contribution in [0.15, 0.2) is 42.5 Å². The normalized spacial score (nSPS) is 23.3. The average Bonchev–Trinajstić information content (AvgIpc) is 3.30. The zero-order valence-corrected chi connectivity index (χ0v) is 19.7. The van der Waals surface area contributed by atoms with Crippen molar-refractivity contribution in [3.8, 4) is 0 Å². The maximum absolute atomic E-state index is 13.1. The van der Waals surface area contributed by atoms with Gasteiger partial charge in [-0.1, -0.05) is 55.3 Å². The molecule has 34 heavy (non-hydrogen) atoms. The Hall–Kier alpha value is -2.71. The SMILES string of the molecule is O=C(CC1CC=CCCC(=O)OCC(COCc2ccccc2)NC1=O)NC1(CO)CCCC1. The monoisotopic (exact) mass is 472 g/mol. The molecule has 2 atom stereocenters. The number of benzene rings is 1. The summed E-state index contributed by atoms with van der Waals surface area (Å²) in [4.78, 5) is 37.9. The molecule has 1 aromatic rings. The largest absolute Gasteiger partial charge is 0.463 e. The molecule has 0 bridgehead atoms. The van der Waals surface area contributed by atoms with Gasteiger partial charge in [0.25, 0.3) is 0 Å². The number of ether oxygens (including phenoxy) is 2. The lowest BCUT2D eigenvalue weighted by Gasteiger charge is -2.29. The van der Waals surface area contributed by atoms with Gasteiger partial charge in [0, 0.05) is 12.8 Å². The summed E-state index contributed by atoms with van der Waals surface area (Å²) in [5, 5.41) is 15.7. The van der Waals surface area contributed by atoms with E-state index in [4.69, 9.17) is 9.47 Å². The van der Waals surface area contributed by atoms with Crippen molar-refractivity contribution in [2.75, 3.05) is 19.8 Å². The van der Waals surface area contributed by atoms with E-state index < -0.39 is 17.5 Å². The lowest BCUT2D eigenvalue weighted by atomic mass is 9.95. The highest BCUT2D eigenvalue weighted by atomic mass is 16.5. The number of allylic oxidation sites excluding steroid dienone is 2. The molecule has 1 aromatic carbocycles. The smallest absolute Gasteiger partial charge is 0.306 e. The van der Waals surface area contributed by atoms with Crippen molar-refractivity contribution < 1.29 is 29.0 Å². The number of carbonyl (C=O) groups excluding carboxylic acids is 3. The molecule has 8 nitrogen and oxygen atoms in total. The van der Waals surface area contributed by atoms with Crippen molar-refractivity contribution in [2.45, 2.75) is 69.6 Å². The summed E-state index contributed by atoms with van der Waals surface area (Å²) < 4.78 is 11.1. The lowest BCUT2D eigenvalue weighted by Crippen LogP contribution is -2.50. The van der Waals surface area contributed by atoms with Gasteiger partial charge in [0.1, 0.15) is 6.61 Å². The Morgan fingerprint density at radius 1 is 1.18 bits per heavy atom. The molecule has 0 radical (unpaired) electrons. The number of nitrogens with one attached hydrogen (secondary N) is 2. The fraction of sp³-hybridized carbons (Fsp3) is 0.577. The first-order chi connectivity index (χ1) is 16.5. The van der Waals surface area contributed by atoms with Gasteiger partial charge in [-0.25, -0.2) is 0 Å². The Labute approximate surface area is 201 Å². The van der Waals surface area contributed by atoms with Crippen molar-refractivity contribution >= 4 is 17.8 Å². The van der Waals surface area contributed by atoms with Crippen LogP contribution in [0.1, 0.15) is 56.9 Å². The Morgan fingerprint density at radius 3 is 2.68 bits per heavy atom. The van der Waals surface area contributed by atoms with Crippen LogP contribution in [-0.2, 0) is 30.5 Å². The lowest BCUT2D eigenvalue weighted by molar-refractivity contribution is -0.146. The molecule has 186 valence electrons. The van der Waals surface area contributed by atoms with Crippen molar-refractivity contribution in [3.63, 3.8) is 0 Å². The summed E-state index contributed by atoms with van der Waals surface area (Å²) in [6.45, 7) is 0.465. The third-order valence-electron chi connectivity index (χ3n) is 6.40. The van der Waals surface area contributed by atoms with Crippen LogP contribution in [0, 0.1) is 5.92 Å². The van der Waals surface area contributed by atoms with Gasteiger partial charge in [0.2, 0.25) is 11.8 Å². The van der Waals surface area contributed by atoms with Crippen LogP contribution in [0.2, 0.25) is 0 Å². The van der Waals surface area contributed by atoms with E-state index in [0.29, 0.717) is 19.4 Å². The molecule has 0 spiro atoms. The number of amides is 2. The third-order valence-corrected chi connectivity index (χ3v) is 6.40. The number of hydrogen-bond acceptors (Lipinski definition) is 6. The minimum atomic E-state index is -0.573. The quantitative estimate of drug-likeness (QED) is 0.396. The van der Waals surface area contributed by atoms with Gasteiger partial charge < -0.3 is 25.2 Å². The Kier molecular flexibility index (Phi) is 10.1. The molecule has 3 rings (SSSR count). The highest BCUT2D eigenvalue weighted by Crippen LogP contribution is 2.29. The Balaban J connectivity index is 1.61. The number of aliphatic hydroxyl groups excluding tert-OH is 1. The molecule has 1 aliphatic carbocycles. The molecule has 0 aromatic heterocycles. The minimum Gasteiger partial charge on any atom is -0.463 e. The fourth-order valence-electron chi connectivity index (χ4n) is 4.42. The average molecular weight is 473 g/mol. The van der Waals surface area contributed by atoms with E-state index in [0.717, 1.165) is 31.2 Å². The second-order valence-electron chi connectivity index (χ2n) is 9.23. The van der Waals surface area contributed by atoms with Gasteiger partial charge in [-0.15, -0.1) is 0 Å². The first-order valence-corrected chi connectivity index (χ1v) is 12.1. The van der Waals surface area contributed by atoms with Gasteiger partial charge in [-0.2, -0.15) is 0 Å². The van der Waals surface area contributed by atoms with E-state index in [1.807, 2.05) is 42.5 Å². The molecule has 1 saturated carbocycles. The van der Waals surface area contributed by atoms with Crippen LogP contribution in [0.3, 0.4) is 0 Å². The van der Waals surface area contributed by atoms with Gasteiger partial charge in [0.05, 0.1) is 37.3 Å². The van der Waals surface area contributed by atoms with Crippen LogP contribution < -0.4 is 10.6 Å². The second-order valence-corrected chi connectivity index (χ2v) is 9.23. The fourth-order valence-corrected chi connectivity index (χ4v) is 4.42. The van der Waals surface area contributed by atoms with Gasteiger partial charge in [-0.3, -0.25) is 14.4 Å². The Bertz CT molecular complexity index is 835. The van der Waals surface area contributed by atoms with E-state index in [2.05, 4.69) is 10.6 Å². The zero-order chi connectivity index (χ0) is 24.2. The number of hydrogen-bond donors (Lipinski definition) is 3. The van der Waals surface area contributed by atoms with Crippen LogP contribution in [-0.4, -0.2) is 54.3 Å². The van der Waals surface area contributed by atoms with E-state index in [1.54, 1.807) is 0 Å². The van der Waals surface area contributed by atoms with E-state index in [-0.39, 0.29) is 50.4 Å². The van der Waals surface area contributed by atoms with E-state index >= 15 is 0 Å². The van der Waals surface area contributed by atoms with Gasteiger partial charge in [-0.05, 0) is 31.2 Å². The minimum absolute atomic E-state index is 0.00954. The molecule has 2 aliphatic rings. The molecule has 2 amide bonds. The van der Waals surface area contributed by atoms with Crippen molar-refractivity contribution in [2.24, 2.45) is 5.92 Å².